The number of hydrogen-bond donors (Lipinski definition) is 1. The van der Waals surface area contributed by atoms with Crippen molar-refractivity contribution in [3.05, 3.63) is 35.9 Å². The molecule has 1 aromatic carbocycles. The Labute approximate surface area is 131 Å². The molecule has 1 aliphatic rings. The maximum absolute atomic E-state index is 3.74. The Hall–Kier alpha value is -0.820. The third kappa shape index (κ3) is 4.10. The molecule has 0 spiro atoms. The summed E-state index contributed by atoms with van der Waals surface area (Å²) < 4.78 is 0. The third-order valence-corrected chi connectivity index (χ3v) is 5.40. The van der Waals surface area contributed by atoms with Crippen LogP contribution >= 0.6 is 0 Å². The molecule has 1 heteroatoms. The highest BCUT2D eigenvalue weighted by Crippen LogP contribution is 2.59. The van der Waals surface area contributed by atoms with Crippen molar-refractivity contribution in [2.24, 2.45) is 11.3 Å². The first kappa shape index (κ1) is 16.5. The van der Waals surface area contributed by atoms with Crippen molar-refractivity contribution in [2.75, 3.05) is 6.54 Å². The molecule has 0 amide bonds. The van der Waals surface area contributed by atoms with E-state index in [9.17, 15) is 0 Å². The van der Waals surface area contributed by atoms with Crippen LogP contribution < -0.4 is 5.32 Å². The number of benzene rings is 1. The second kappa shape index (κ2) is 7.45. The Kier molecular flexibility index (Phi) is 5.87. The van der Waals surface area contributed by atoms with E-state index < -0.39 is 0 Å². The van der Waals surface area contributed by atoms with Gasteiger partial charge in [-0.15, -0.1) is 0 Å². The highest BCUT2D eigenvalue weighted by atomic mass is 14.9. The molecule has 0 saturated heterocycles. The fourth-order valence-corrected chi connectivity index (χ4v) is 3.85. The lowest BCUT2D eigenvalue weighted by Gasteiger charge is -2.35. The SMILES string of the molecule is CCCCC(CC)(CNC(C)C)C1CC1c1ccccc1. The van der Waals surface area contributed by atoms with E-state index in [1.807, 2.05) is 0 Å². The molecule has 1 nitrogen and oxygen atoms in total. The smallest absolute Gasteiger partial charge is 0.00129 e. The maximum Gasteiger partial charge on any atom is 0.00129 e. The Morgan fingerprint density at radius 1 is 1.19 bits per heavy atom. The summed E-state index contributed by atoms with van der Waals surface area (Å²) >= 11 is 0. The van der Waals surface area contributed by atoms with Crippen molar-refractivity contribution in [1.82, 2.24) is 5.32 Å². The van der Waals surface area contributed by atoms with Gasteiger partial charge in [0.2, 0.25) is 0 Å². The molecule has 0 aliphatic heterocycles. The molecule has 3 unspecified atom stereocenters. The average Bonchev–Trinajstić information content (AvgIpc) is 3.30. The van der Waals surface area contributed by atoms with E-state index in [-0.39, 0.29) is 0 Å². The largest absolute Gasteiger partial charge is 0.314 e. The molecule has 0 radical (unpaired) electrons. The molecule has 0 heterocycles. The number of hydrogen-bond acceptors (Lipinski definition) is 1. The first-order valence-corrected chi connectivity index (χ1v) is 8.91. The van der Waals surface area contributed by atoms with Crippen LogP contribution in [0.3, 0.4) is 0 Å². The lowest BCUT2D eigenvalue weighted by Crippen LogP contribution is -2.39. The monoisotopic (exact) mass is 287 g/mol. The molecule has 2 rings (SSSR count). The lowest BCUT2D eigenvalue weighted by molar-refractivity contribution is 0.183. The fourth-order valence-electron chi connectivity index (χ4n) is 3.85. The predicted molar refractivity (Wildman–Crippen MR) is 92.7 cm³/mol. The van der Waals surface area contributed by atoms with Crippen molar-refractivity contribution in [1.29, 1.82) is 0 Å². The molecule has 3 atom stereocenters. The third-order valence-electron chi connectivity index (χ3n) is 5.40. The normalized spacial score (nSPS) is 24.0. The van der Waals surface area contributed by atoms with Gasteiger partial charge in [-0.25, -0.2) is 0 Å². The summed E-state index contributed by atoms with van der Waals surface area (Å²) in [6.07, 6.45) is 6.76. The van der Waals surface area contributed by atoms with Gasteiger partial charge in [0, 0.05) is 12.6 Å². The molecule has 0 aromatic heterocycles. The summed E-state index contributed by atoms with van der Waals surface area (Å²) in [6.45, 7) is 10.4. The minimum Gasteiger partial charge on any atom is -0.314 e. The summed E-state index contributed by atoms with van der Waals surface area (Å²) in [6, 6.07) is 11.7. The van der Waals surface area contributed by atoms with Crippen molar-refractivity contribution in [3.63, 3.8) is 0 Å². The summed E-state index contributed by atoms with van der Waals surface area (Å²) in [7, 11) is 0. The first-order chi connectivity index (χ1) is 10.1. The van der Waals surface area contributed by atoms with Crippen LogP contribution in [0.25, 0.3) is 0 Å². The zero-order valence-corrected chi connectivity index (χ0v) is 14.4. The summed E-state index contributed by atoms with van der Waals surface area (Å²) in [5.41, 5.74) is 2.06. The maximum atomic E-state index is 3.74. The summed E-state index contributed by atoms with van der Waals surface area (Å²) in [4.78, 5) is 0. The van der Waals surface area contributed by atoms with Crippen molar-refractivity contribution in [2.45, 2.75) is 71.8 Å². The minimum absolute atomic E-state index is 0.501. The van der Waals surface area contributed by atoms with Gasteiger partial charge in [-0.3, -0.25) is 0 Å². The molecule has 1 aliphatic carbocycles. The van der Waals surface area contributed by atoms with Gasteiger partial charge in [0.15, 0.2) is 0 Å². The first-order valence-electron chi connectivity index (χ1n) is 8.91. The van der Waals surface area contributed by atoms with Crippen LogP contribution in [0.1, 0.15) is 71.3 Å². The van der Waals surface area contributed by atoms with Crippen LogP contribution in [-0.2, 0) is 0 Å². The average molecular weight is 287 g/mol. The standard InChI is InChI=1S/C20H33N/c1-5-7-13-20(6-2,15-21-16(3)4)19-14-18(19)17-11-9-8-10-12-17/h8-12,16,18-19,21H,5-7,13-15H2,1-4H3. The van der Waals surface area contributed by atoms with E-state index in [2.05, 4.69) is 63.3 Å². The Morgan fingerprint density at radius 3 is 2.48 bits per heavy atom. The van der Waals surface area contributed by atoms with Gasteiger partial charge in [-0.05, 0) is 42.1 Å². The van der Waals surface area contributed by atoms with Crippen LogP contribution in [0.5, 0.6) is 0 Å². The van der Waals surface area contributed by atoms with Gasteiger partial charge in [0.05, 0.1) is 0 Å². The van der Waals surface area contributed by atoms with Gasteiger partial charge in [0.25, 0.3) is 0 Å². The topological polar surface area (TPSA) is 12.0 Å². The predicted octanol–water partition coefficient (Wildman–Crippen LogP) is 5.37. The van der Waals surface area contributed by atoms with Crippen LogP contribution in [0.4, 0.5) is 0 Å². The highest BCUT2D eigenvalue weighted by Gasteiger charge is 2.51. The van der Waals surface area contributed by atoms with Gasteiger partial charge in [0.1, 0.15) is 0 Å². The van der Waals surface area contributed by atoms with Gasteiger partial charge < -0.3 is 5.32 Å². The number of rotatable bonds is 9. The van der Waals surface area contributed by atoms with E-state index in [0.29, 0.717) is 11.5 Å². The zero-order chi connectivity index (χ0) is 15.3. The molecular formula is C20H33N. The molecular weight excluding hydrogens is 254 g/mol. The fraction of sp³-hybridized carbons (Fsp3) is 0.700. The number of unbranched alkanes of at least 4 members (excludes halogenated alkanes) is 1. The number of nitrogens with one attached hydrogen (secondary N) is 1. The second-order valence-electron chi connectivity index (χ2n) is 7.21. The van der Waals surface area contributed by atoms with Crippen molar-refractivity contribution < 1.29 is 0 Å². The summed E-state index contributed by atoms with van der Waals surface area (Å²) in [5.74, 6) is 1.68. The van der Waals surface area contributed by atoms with E-state index in [1.54, 1.807) is 5.56 Å². The molecule has 1 saturated carbocycles. The van der Waals surface area contributed by atoms with E-state index >= 15 is 0 Å². The highest BCUT2D eigenvalue weighted by molar-refractivity contribution is 5.27. The van der Waals surface area contributed by atoms with Crippen molar-refractivity contribution in [3.8, 4) is 0 Å². The van der Waals surface area contributed by atoms with Crippen LogP contribution in [0, 0.1) is 11.3 Å². The summed E-state index contributed by atoms with van der Waals surface area (Å²) in [5, 5.41) is 3.74. The van der Waals surface area contributed by atoms with Crippen LogP contribution in [-0.4, -0.2) is 12.6 Å². The van der Waals surface area contributed by atoms with E-state index in [0.717, 1.165) is 11.8 Å². The minimum atomic E-state index is 0.501. The van der Waals surface area contributed by atoms with Gasteiger partial charge in [-0.2, -0.15) is 0 Å². The van der Waals surface area contributed by atoms with Gasteiger partial charge in [-0.1, -0.05) is 70.9 Å². The van der Waals surface area contributed by atoms with E-state index in [4.69, 9.17) is 0 Å². The zero-order valence-electron chi connectivity index (χ0n) is 14.4. The molecule has 1 N–H and O–H groups in total. The quantitative estimate of drug-likeness (QED) is 0.643. The molecule has 118 valence electrons. The van der Waals surface area contributed by atoms with Gasteiger partial charge >= 0.3 is 0 Å². The molecule has 0 bridgehead atoms. The Balaban J connectivity index is 2.08. The van der Waals surface area contributed by atoms with Crippen molar-refractivity contribution >= 4 is 0 Å². The Morgan fingerprint density at radius 2 is 1.90 bits per heavy atom. The molecule has 1 fully saturated rings. The Bertz CT molecular complexity index is 411. The van der Waals surface area contributed by atoms with Crippen LogP contribution in [0.2, 0.25) is 0 Å². The molecule has 1 aromatic rings. The lowest BCUT2D eigenvalue weighted by atomic mass is 9.74. The van der Waals surface area contributed by atoms with Crippen LogP contribution in [0.15, 0.2) is 30.3 Å². The van der Waals surface area contributed by atoms with E-state index in [1.165, 1.54) is 38.6 Å². The molecule has 21 heavy (non-hydrogen) atoms. The second-order valence-corrected chi connectivity index (χ2v) is 7.21.